The van der Waals surface area contributed by atoms with Crippen LogP contribution < -0.4 is 15.4 Å². The molecule has 2 amide bonds. The number of hydrogen-bond acceptors (Lipinski definition) is 2. The summed E-state index contributed by atoms with van der Waals surface area (Å²) in [6.07, 6.45) is 0. The van der Waals surface area contributed by atoms with Gasteiger partial charge in [0.1, 0.15) is 12.4 Å². The van der Waals surface area contributed by atoms with Crippen LogP contribution in [0.4, 0.5) is 10.5 Å². The van der Waals surface area contributed by atoms with E-state index in [0.717, 1.165) is 15.9 Å². The zero-order valence-corrected chi connectivity index (χ0v) is 13.3. The summed E-state index contributed by atoms with van der Waals surface area (Å²) < 4.78 is 6.45. The van der Waals surface area contributed by atoms with E-state index in [1.54, 1.807) is 0 Å². The Morgan fingerprint density at radius 2 is 1.95 bits per heavy atom. The van der Waals surface area contributed by atoms with Crippen LogP contribution >= 0.6 is 15.9 Å². The highest BCUT2D eigenvalue weighted by molar-refractivity contribution is 9.10. The van der Waals surface area contributed by atoms with E-state index in [1.165, 1.54) is 5.56 Å². The van der Waals surface area contributed by atoms with Crippen LogP contribution in [0.5, 0.6) is 5.75 Å². The number of amides is 2. The molecule has 0 heterocycles. The van der Waals surface area contributed by atoms with Crippen LogP contribution in [0.1, 0.15) is 5.56 Å². The first-order valence-electron chi connectivity index (χ1n) is 6.63. The van der Waals surface area contributed by atoms with Crippen molar-refractivity contribution < 1.29 is 9.53 Å². The summed E-state index contributed by atoms with van der Waals surface area (Å²) in [6, 6.07) is 15.0. The van der Waals surface area contributed by atoms with Gasteiger partial charge in [-0.3, -0.25) is 0 Å². The summed E-state index contributed by atoms with van der Waals surface area (Å²) in [5.41, 5.74) is 1.93. The second-order valence-electron chi connectivity index (χ2n) is 4.55. The first-order chi connectivity index (χ1) is 10.1. The fourth-order valence-corrected chi connectivity index (χ4v) is 2.11. The van der Waals surface area contributed by atoms with Crippen molar-refractivity contribution in [2.75, 3.05) is 18.5 Å². The number of hydrogen-bond donors (Lipinski definition) is 2. The number of halogens is 1. The summed E-state index contributed by atoms with van der Waals surface area (Å²) in [4.78, 5) is 11.7. The molecule has 0 aliphatic rings. The van der Waals surface area contributed by atoms with Crippen molar-refractivity contribution >= 4 is 27.6 Å². The van der Waals surface area contributed by atoms with Crippen molar-refractivity contribution in [3.05, 3.63) is 58.6 Å². The van der Waals surface area contributed by atoms with Gasteiger partial charge in [0, 0.05) is 10.2 Å². The lowest BCUT2D eigenvalue weighted by atomic mass is 10.2. The third-order valence-electron chi connectivity index (χ3n) is 2.76. The normalized spacial score (nSPS) is 10.0. The van der Waals surface area contributed by atoms with E-state index in [-0.39, 0.29) is 6.03 Å². The second-order valence-corrected chi connectivity index (χ2v) is 5.47. The number of anilines is 1. The molecule has 2 rings (SSSR count). The molecule has 0 aromatic heterocycles. The number of carbonyl (C=O) groups excluding carboxylic acids is 1. The molecular formula is C16H17BrN2O2. The SMILES string of the molecule is Cc1ccc(OCCNC(=O)Nc2cccc(Br)c2)cc1. The molecule has 0 saturated heterocycles. The summed E-state index contributed by atoms with van der Waals surface area (Å²) >= 11 is 3.36. The molecule has 0 aliphatic carbocycles. The maximum absolute atomic E-state index is 11.7. The van der Waals surface area contributed by atoms with Gasteiger partial charge in [-0.25, -0.2) is 4.79 Å². The predicted molar refractivity (Wildman–Crippen MR) is 87.8 cm³/mol. The Kier molecular flexibility index (Phi) is 5.63. The first kappa shape index (κ1) is 15.4. The van der Waals surface area contributed by atoms with Crippen LogP contribution in [0, 0.1) is 6.92 Å². The van der Waals surface area contributed by atoms with Crippen LogP contribution in [-0.4, -0.2) is 19.2 Å². The fraction of sp³-hybridized carbons (Fsp3) is 0.188. The minimum Gasteiger partial charge on any atom is -0.492 e. The maximum atomic E-state index is 11.7. The van der Waals surface area contributed by atoms with Crippen LogP contribution in [0.2, 0.25) is 0 Å². The highest BCUT2D eigenvalue weighted by Crippen LogP contribution is 2.15. The lowest BCUT2D eigenvalue weighted by Crippen LogP contribution is -2.32. The zero-order valence-electron chi connectivity index (χ0n) is 11.7. The molecule has 0 bridgehead atoms. The molecule has 21 heavy (non-hydrogen) atoms. The molecule has 2 N–H and O–H groups in total. The third kappa shape index (κ3) is 5.47. The highest BCUT2D eigenvalue weighted by atomic mass is 79.9. The van der Waals surface area contributed by atoms with Gasteiger partial charge >= 0.3 is 6.03 Å². The van der Waals surface area contributed by atoms with Gasteiger partial charge in [0.15, 0.2) is 0 Å². The minimum absolute atomic E-state index is 0.249. The van der Waals surface area contributed by atoms with Crippen molar-refractivity contribution in [2.45, 2.75) is 6.92 Å². The van der Waals surface area contributed by atoms with E-state index in [9.17, 15) is 4.79 Å². The first-order valence-corrected chi connectivity index (χ1v) is 7.43. The number of nitrogens with one attached hydrogen (secondary N) is 2. The Bertz CT molecular complexity index is 599. The number of rotatable bonds is 5. The van der Waals surface area contributed by atoms with Gasteiger partial charge in [0.05, 0.1) is 6.54 Å². The van der Waals surface area contributed by atoms with Crippen LogP contribution in [-0.2, 0) is 0 Å². The molecule has 0 unspecified atom stereocenters. The van der Waals surface area contributed by atoms with Crippen molar-refractivity contribution in [1.82, 2.24) is 5.32 Å². The Balaban J connectivity index is 1.68. The number of urea groups is 1. The smallest absolute Gasteiger partial charge is 0.319 e. The third-order valence-corrected chi connectivity index (χ3v) is 3.25. The molecule has 0 spiro atoms. The summed E-state index contributed by atoms with van der Waals surface area (Å²) in [7, 11) is 0. The van der Waals surface area contributed by atoms with E-state index < -0.39 is 0 Å². The van der Waals surface area contributed by atoms with Crippen LogP contribution in [0.3, 0.4) is 0 Å². The van der Waals surface area contributed by atoms with Gasteiger partial charge in [0.2, 0.25) is 0 Å². The maximum Gasteiger partial charge on any atom is 0.319 e. The molecule has 0 aliphatic heterocycles. The zero-order chi connectivity index (χ0) is 15.1. The van der Waals surface area contributed by atoms with Gasteiger partial charge in [-0.05, 0) is 37.3 Å². The fourth-order valence-electron chi connectivity index (χ4n) is 1.71. The topological polar surface area (TPSA) is 50.4 Å². The van der Waals surface area contributed by atoms with Crippen LogP contribution in [0.15, 0.2) is 53.0 Å². The molecular weight excluding hydrogens is 332 g/mol. The minimum atomic E-state index is -0.249. The molecule has 4 nitrogen and oxygen atoms in total. The largest absolute Gasteiger partial charge is 0.492 e. The van der Waals surface area contributed by atoms with Crippen molar-refractivity contribution in [1.29, 1.82) is 0 Å². The van der Waals surface area contributed by atoms with Crippen molar-refractivity contribution in [2.24, 2.45) is 0 Å². The average molecular weight is 349 g/mol. The molecule has 2 aromatic rings. The van der Waals surface area contributed by atoms with E-state index in [2.05, 4.69) is 26.6 Å². The number of carbonyl (C=O) groups is 1. The van der Waals surface area contributed by atoms with Crippen molar-refractivity contribution in [3.8, 4) is 5.75 Å². The second kappa shape index (κ2) is 7.69. The van der Waals surface area contributed by atoms with Gasteiger partial charge in [-0.1, -0.05) is 39.7 Å². The number of benzene rings is 2. The summed E-state index contributed by atoms with van der Waals surface area (Å²) in [5.74, 6) is 0.801. The number of ether oxygens (including phenoxy) is 1. The van der Waals surface area contributed by atoms with Gasteiger partial charge in [-0.15, -0.1) is 0 Å². The summed E-state index contributed by atoms with van der Waals surface area (Å²) in [5, 5.41) is 5.50. The van der Waals surface area contributed by atoms with E-state index in [1.807, 2.05) is 55.5 Å². The van der Waals surface area contributed by atoms with Gasteiger partial charge < -0.3 is 15.4 Å². The van der Waals surface area contributed by atoms with E-state index >= 15 is 0 Å². The molecule has 0 atom stereocenters. The van der Waals surface area contributed by atoms with Crippen molar-refractivity contribution in [3.63, 3.8) is 0 Å². The molecule has 110 valence electrons. The van der Waals surface area contributed by atoms with Gasteiger partial charge in [0.25, 0.3) is 0 Å². The molecule has 0 radical (unpaired) electrons. The standard InChI is InChI=1S/C16H17BrN2O2/c1-12-5-7-15(8-6-12)21-10-9-18-16(20)19-14-4-2-3-13(17)11-14/h2-8,11H,9-10H2,1H3,(H2,18,19,20). The molecule has 0 fully saturated rings. The van der Waals surface area contributed by atoms with Crippen LogP contribution in [0.25, 0.3) is 0 Å². The quantitative estimate of drug-likeness (QED) is 0.803. The predicted octanol–water partition coefficient (Wildman–Crippen LogP) is 3.96. The van der Waals surface area contributed by atoms with E-state index in [0.29, 0.717) is 13.2 Å². The lowest BCUT2D eigenvalue weighted by molar-refractivity contribution is 0.247. The Morgan fingerprint density at radius 3 is 2.67 bits per heavy atom. The lowest BCUT2D eigenvalue weighted by Gasteiger charge is -2.09. The Labute approximate surface area is 132 Å². The number of aryl methyl sites for hydroxylation is 1. The Morgan fingerprint density at radius 1 is 1.19 bits per heavy atom. The molecule has 2 aromatic carbocycles. The molecule has 5 heteroatoms. The Hall–Kier alpha value is -2.01. The molecule has 0 saturated carbocycles. The summed E-state index contributed by atoms with van der Waals surface area (Å²) in [6.45, 7) is 2.89. The highest BCUT2D eigenvalue weighted by Gasteiger charge is 2.01. The monoisotopic (exact) mass is 348 g/mol. The average Bonchev–Trinajstić information content (AvgIpc) is 2.45. The van der Waals surface area contributed by atoms with Gasteiger partial charge in [-0.2, -0.15) is 0 Å². The van der Waals surface area contributed by atoms with E-state index in [4.69, 9.17) is 4.74 Å².